The van der Waals surface area contributed by atoms with Gasteiger partial charge in [0.2, 0.25) is 17.5 Å². The van der Waals surface area contributed by atoms with E-state index >= 15 is 0 Å². The molecule has 30 heteroatoms. The maximum absolute atomic E-state index is 14.3. The first-order valence-corrected chi connectivity index (χ1v) is 14.8. The van der Waals surface area contributed by atoms with E-state index < -0.39 is 144 Å². The Kier molecular flexibility index (Phi) is 10.6. The molecule has 0 radical (unpaired) electrons. The Morgan fingerprint density at radius 2 is 0.895 bits per heavy atom. The van der Waals surface area contributed by atoms with Crippen molar-refractivity contribution in [3.8, 4) is 0 Å². The van der Waals surface area contributed by atoms with Crippen LogP contribution in [0.4, 0.5) is 26.3 Å². The lowest BCUT2D eigenvalue weighted by Crippen LogP contribution is -2.42. The summed E-state index contributed by atoms with van der Waals surface area (Å²) in [5.41, 5.74) is -8.35. The Morgan fingerprint density at radius 3 is 1.23 bits per heavy atom. The quantitative estimate of drug-likeness (QED) is 0.103. The number of H-pyrrole nitrogens is 3. The molecule has 318 valence electrons. The summed E-state index contributed by atoms with van der Waals surface area (Å²) in [5.74, 6) is -15.5. The molecule has 12 atom stereocenters. The average Bonchev–Trinajstić information content (AvgIpc) is 3.61. The fourth-order valence-corrected chi connectivity index (χ4v) is 4.75. The zero-order valence-corrected chi connectivity index (χ0v) is 27.3. The third-order valence-electron chi connectivity index (χ3n) is 7.73. The molecule has 3 saturated heterocycles. The number of aliphatic hydroxyl groups is 9. The second-order valence-electron chi connectivity index (χ2n) is 11.4. The van der Waals surface area contributed by atoms with Crippen molar-refractivity contribution in [3.63, 3.8) is 0 Å². The van der Waals surface area contributed by atoms with E-state index in [9.17, 15) is 85.7 Å². The van der Waals surface area contributed by atoms with E-state index in [2.05, 4.69) is 14.2 Å². The highest BCUT2D eigenvalue weighted by molar-refractivity contribution is 5.00. The Labute approximate surface area is 315 Å². The summed E-state index contributed by atoms with van der Waals surface area (Å²) in [5, 5.41) is 84.3. The van der Waals surface area contributed by atoms with Gasteiger partial charge >= 0.3 is 17.1 Å². The highest BCUT2D eigenvalue weighted by Gasteiger charge is 2.58. The van der Waals surface area contributed by atoms with Gasteiger partial charge in [0.25, 0.3) is 34.2 Å². The first-order chi connectivity index (χ1) is 28.5. The number of hydrogen-bond donors (Lipinski definition) is 12. The summed E-state index contributed by atoms with van der Waals surface area (Å²) in [6.07, 6.45) is -22.5. The minimum absolute atomic E-state index is 0.0641. The molecule has 3 aromatic heterocycles. The molecule has 24 nitrogen and oxygen atoms in total. The van der Waals surface area contributed by atoms with Gasteiger partial charge in [-0.2, -0.15) is 13.2 Å². The highest BCUT2D eigenvalue weighted by atomic mass is 19.2. The van der Waals surface area contributed by atoms with Gasteiger partial charge in [0.15, 0.2) is 18.6 Å². The molecule has 0 spiro atoms. The van der Waals surface area contributed by atoms with Crippen molar-refractivity contribution in [1.82, 2.24) is 28.7 Å². The third kappa shape index (κ3) is 8.42. The highest BCUT2D eigenvalue weighted by Crippen LogP contribution is 2.39. The topological polar surface area (TPSA) is 374 Å². The van der Waals surface area contributed by atoms with Gasteiger partial charge in [-0.15, -0.1) is 0 Å². The first kappa shape index (κ1) is 36.5. The van der Waals surface area contributed by atoms with Crippen LogP contribution in [0.25, 0.3) is 0 Å². The zero-order valence-electron chi connectivity index (χ0n) is 33.3. The van der Waals surface area contributed by atoms with E-state index in [-0.39, 0.29) is 26.1 Å². The molecule has 3 aliphatic rings. The number of aromatic nitrogens is 6. The van der Waals surface area contributed by atoms with Gasteiger partial charge in [-0.1, -0.05) is 0 Å². The van der Waals surface area contributed by atoms with Crippen LogP contribution in [0.15, 0.2) is 47.4 Å². The monoisotopic (exact) mass is 846 g/mol. The lowest BCUT2D eigenvalue weighted by Gasteiger charge is -2.19. The maximum atomic E-state index is 14.3. The lowest BCUT2D eigenvalue weighted by atomic mass is 10.1. The van der Waals surface area contributed by atoms with Crippen molar-refractivity contribution in [1.29, 1.82) is 0 Å². The van der Waals surface area contributed by atoms with Crippen molar-refractivity contribution in [3.05, 3.63) is 98.6 Å². The van der Waals surface area contributed by atoms with Gasteiger partial charge in [-0.25, -0.2) is 27.6 Å². The molecule has 0 saturated carbocycles. The number of ether oxygens (including phenoxy) is 3. The minimum atomic E-state index is -3.99. The lowest BCUT2D eigenvalue weighted by molar-refractivity contribution is -0.207. The van der Waals surface area contributed by atoms with Gasteiger partial charge in [-0.3, -0.25) is 43.0 Å². The molecule has 0 amide bonds. The predicted octanol–water partition coefficient (Wildman–Crippen LogP) is -7.25. The van der Waals surface area contributed by atoms with E-state index in [0.29, 0.717) is 6.20 Å². The summed E-state index contributed by atoms with van der Waals surface area (Å²) in [6, 6.07) is 0. The number of nitrogens with one attached hydrogen (secondary N) is 3. The largest absolute Gasteiger partial charge is 0.390 e. The Balaban J connectivity index is 0.000000208. The number of nitrogens with zero attached hydrogens (tertiary/aromatic N) is 3. The van der Waals surface area contributed by atoms with Gasteiger partial charge in [0.1, 0.15) is 56.3 Å². The molecular weight excluding hydrogens is 810 g/mol. The fourth-order valence-electron chi connectivity index (χ4n) is 4.75. The SMILES string of the molecule is [2H]C([2H])(O)[C@@]1(F)O[C@@H](n2cc(F)c(=O)[nH]c2=O)[C@H](O)[C@@H]1O.[2H]C([2H])(O)[C@@]1(F)O[C@@]([2H])(n2cc(F)c(=O)[nH]c2=O)[C@H](O)[C@@H]1O.[2H][C@@]1(n2cc(F)c(=O)[nH]c2=O)O[C@](F)(CO)[C@@H](O)[C@H]1O. The molecule has 3 fully saturated rings. The third-order valence-corrected chi connectivity index (χ3v) is 7.73. The fraction of sp³-hybridized carbons (Fsp3) is 0.556. The molecule has 6 rings (SSSR count). The summed E-state index contributed by atoms with van der Waals surface area (Å²) in [4.78, 5) is 71.6. The number of alkyl halides is 3. The van der Waals surface area contributed by atoms with Crippen LogP contribution in [0.5, 0.6) is 0 Å². The molecule has 3 aromatic rings. The van der Waals surface area contributed by atoms with Crippen LogP contribution in [-0.4, -0.2) is 149 Å². The molecule has 12 N–H and O–H groups in total. The van der Waals surface area contributed by atoms with Crippen molar-refractivity contribution >= 4 is 0 Å². The molecular formula is C27H30F6N6O18. The van der Waals surface area contributed by atoms with Crippen molar-refractivity contribution in [2.24, 2.45) is 0 Å². The first-order valence-electron chi connectivity index (χ1n) is 17.8. The van der Waals surface area contributed by atoms with E-state index in [4.69, 9.17) is 23.5 Å². The van der Waals surface area contributed by atoms with Crippen molar-refractivity contribution in [2.45, 2.75) is 72.8 Å². The van der Waals surface area contributed by atoms with Gasteiger partial charge in [-0.05, 0) is 0 Å². The number of rotatable bonds is 6. The standard InChI is InChI=1S/3C9H10F2N2O6/c3*10-3-1-13(8(18)12-6(3)17)7-4(15)5(16)9(11,2-14)19-7/h3*1,4-5,7,14-16H,2H2,(H,12,17,18)/t3*4-,5+,7-,9-/m111/s1/i2D2,7D;7D;2D2. The normalized spacial score (nSPS) is 39.3. The molecule has 0 aromatic carbocycles. The van der Waals surface area contributed by atoms with Gasteiger partial charge in [0.05, 0.1) is 26.8 Å². The second-order valence-corrected chi connectivity index (χ2v) is 11.4. The van der Waals surface area contributed by atoms with Crippen LogP contribution < -0.4 is 33.7 Å². The van der Waals surface area contributed by atoms with Crippen LogP contribution in [0, 0.1) is 17.5 Å². The van der Waals surface area contributed by atoms with Crippen LogP contribution in [0.1, 0.15) is 26.9 Å². The molecule has 3 aliphatic heterocycles. The predicted molar refractivity (Wildman–Crippen MR) is 163 cm³/mol. The van der Waals surface area contributed by atoms with Crippen LogP contribution in [-0.2, 0) is 14.2 Å². The number of hydrogen-bond acceptors (Lipinski definition) is 18. The maximum Gasteiger partial charge on any atom is 0.330 e. The molecule has 0 aliphatic carbocycles. The van der Waals surface area contributed by atoms with Gasteiger partial charge < -0.3 is 60.2 Å². The number of aliphatic hydroxyl groups excluding tert-OH is 7. The number of halogens is 6. The minimum Gasteiger partial charge on any atom is -0.390 e. The zero-order chi connectivity index (χ0) is 48.5. The van der Waals surface area contributed by atoms with E-state index in [1.54, 1.807) is 0 Å². The summed E-state index contributed by atoms with van der Waals surface area (Å²) in [6.45, 7) is -8.99. The van der Waals surface area contributed by atoms with E-state index in [0.717, 1.165) is 0 Å². The molecule has 57 heavy (non-hydrogen) atoms. The smallest absolute Gasteiger partial charge is 0.330 e. The van der Waals surface area contributed by atoms with Crippen molar-refractivity contribution < 1.29 is 94.7 Å². The van der Waals surface area contributed by atoms with Gasteiger partial charge in [0, 0.05) is 0 Å². The Bertz CT molecular complexity index is 2600. The molecule has 0 unspecified atom stereocenters. The van der Waals surface area contributed by atoms with E-state index in [1.807, 2.05) is 0 Å². The summed E-state index contributed by atoms with van der Waals surface area (Å²) in [7, 11) is 0. The molecule has 0 bridgehead atoms. The Morgan fingerprint density at radius 1 is 0.579 bits per heavy atom. The van der Waals surface area contributed by atoms with Crippen LogP contribution in [0.2, 0.25) is 0 Å². The average molecular weight is 847 g/mol. The number of aromatic amines is 3. The second kappa shape index (κ2) is 16.5. The molecule has 6 heterocycles. The van der Waals surface area contributed by atoms with Crippen molar-refractivity contribution in [2.75, 3.05) is 19.7 Å². The van der Waals surface area contributed by atoms with Crippen LogP contribution in [0.3, 0.4) is 0 Å². The van der Waals surface area contributed by atoms with E-state index in [1.165, 1.54) is 15.0 Å². The summed E-state index contributed by atoms with van der Waals surface area (Å²) >= 11 is 0. The Hall–Kier alpha value is -4.86. The van der Waals surface area contributed by atoms with Crippen LogP contribution >= 0.6 is 0 Å². The summed E-state index contributed by atoms with van der Waals surface area (Å²) < 4.78 is 138.